The first kappa shape index (κ1) is 14.3. The number of fused-ring (bicyclic) bond motifs is 1. The van der Waals surface area contributed by atoms with E-state index in [4.69, 9.17) is 4.74 Å². The molecule has 0 aromatic rings. The maximum atomic E-state index is 12.6. The molecule has 1 aliphatic carbocycles. The lowest BCUT2D eigenvalue weighted by Gasteiger charge is -2.44. The molecule has 1 N–H and O–H groups in total. The van der Waals surface area contributed by atoms with E-state index in [-0.39, 0.29) is 5.97 Å². The smallest absolute Gasteiger partial charge is 0.326 e. The van der Waals surface area contributed by atoms with Crippen molar-refractivity contribution in [2.75, 3.05) is 19.7 Å². The number of carbonyl (C=O) groups is 1. The number of nitrogens with one attached hydrogen (secondary N) is 1. The van der Waals surface area contributed by atoms with Gasteiger partial charge < -0.3 is 9.64 Å². The van der Waals surface area contributed by atoms with Gasteiger partial charge in [-0.3, -0.25) is 10.1 Å². The van der Waals surface area contributed by atoms with Crippen LogP contribution in [0, 0.1) is 0 Å². The van der Waals surface area contributed by atoms with Crippen molar-refractivity contribution < 1.29 is 9.53 Å². The second-order valence-corrected chi connectivity index (χ2v) is 6.71. The van der Waals surface area contributed by atoms with Crippen LogP contribution in [0.15, 0.2) is 0 Å². The minimum atomic E-state index is -0.406. The van der Waals surface area contributed by atoms with E-state index >= 15 is 0 Å². The summed E-state index contributed by atoms with van der Waals surface area (Å²) < 4.78 is 5.42. The van der Waals surface area contributed by atoms with Crippen molar-refractivity contribution in [3.63, 3.8) is 0 Å². The molecule has 0 amide bonds. The number of piperidine rings is 1. The van der Waals surface area contributed by atoms with Crippen LogP contribution in [-0.2, 0) is 9.53 Å². The molecule has 4 nitrogen and oxygen atoms in total. The van der Waals surface area contributed by atoms with E-state index in [0.717, 1.165) is 19.4 Å². The van der Waals surface area contributed by atoms with Crippen molar-refractivity contribution in [3.05, 3.63) is 0 Å². The molecule has 0 aromatic heterocycles. The van der Waals surface area contributed by atoms with Crippen LogP contribution in [0.1, 0.15) is 58.3 Å². The summed E-state index contributed by atoms with van der Waals surface area (Å²) in [6, 6.07) is 1.11. The van der Waals surface area contributed by atoms with Crippen molar-refractivity contribution in [1.82, 2.24) is 10.2 Å². The molecule has 114 valence electrons. The molecule has 4 heteroatoms. The first-order valence-electron chi connectivity index (χ1n) is 8.42. The third-order valence-corrected chi connectivity index (χ3v) is 5.41. The summed E-state index contributed by atoms with van der Waals surface area (Å²) in [4.78, 5) is 15.2. The monoisotopic (exact) mass is 280 g/mol. The predicted molar refractivity (Wildman–Crippen MR) is 78.6 cm³/mol. The Morgan fingerprint density at radius 1 is 1.25 bits per heavy atom. The van der Waals surface area contributed by atoms with Crippen molar-refractivity contribution >= 4 is 5.97 Å². The topological polar surface area (TPSA) is 41.6 Å². The van der Waals surface area contributed by atoms with Crippen LogP contribution in [-0.4, -0.2) is 48.2 Å². The number of ether oxygens (including phenoxy) is 1. The van der Waals surface area contributed by atoms with Gasteiger partial charge in [-0.1, -0.05) is 12.8 Å². The van der Waals surface area contributed by atoms with E-state index in [0.29, 0.717) is 18.7 Å². The third kappa shape index (κ3) is 2.73. The van der Waals surface area contributed by atoms with Gasteiger partial charge >= 0.3 is 5.97 Å². The van der Waals surface area contributed by atoms with Crippen molar-refractivity contribution in [3.8, 4) is 0 Å². The first-order valence-corrected chi connectivity index (χ1v) is 8.42. The fraction of sp³-hybridized carbons (Fsp3) is 0.938. The Hall–Kier alpha value is -0.610. The number of nitrogens with zero attached hydrogens (tertiary/aromatic N) is 1. The lowest BCUT2D eigenvalue weighted by Crippen LogP contribution is -2.62. The molecule has 1 saturated carbocycles. The molecule has 3 aliphatic rings. The highest BCUT2D eigenvalue weighted by molar-refractivity contribution is 5.81. The van der Waals surface area contributed by atoms with Crippen molar-refractivity contribution in [2.45, 2.75) is 75.9 Å². The minimum absolute atomic E-state index is 0.00144. The number of hydrogen-bond donors (Lipinski definition) is 1. The van der Waals surface area contributed by atoms with Gasteiger partial charge in [-0.2, -0.15) is 0 Å². The van der Waals surface area contributed by atoms with Gasteiger partial charge in [-0.25, -0.2) is 0 Å². The number of rotatable bonds is 4. The van der Waals surface area contributed by atoms with Crippen LogP contribution < -0.4 is 5.32 Å². The zero-order valence-electron chi connectivity index (χ0n) is 12.7. The van der Waals surface area contributed by atoms with Gasteiger partial charge in [-0.15, -0.1) is 0 Å². The van der Waals surface area contributed by atoms with Crippen molar-refractivity contribution in [2.24, 2.45) is 0 Å². The zero-order valence-corrected chi connectivity index (χ0v) is 12.7. The summed E-state index contributed by atoms with van der Waals surface area (Å²) in [5.41, 5.74) is -0.406. The van der Waals surface area contributed by atoms with Gasteiger partial charge in [0.25, 0.3) is 0 Å². The van der Waals surface area contributed by atoms with Gasteiger partial charge in [0.1, 0.15) is 5.54 Å². The fourth-order valence-corrected chi connectivity index (χ4v) is 4.36. The summed E-state index contributed by atoms with van der Waals surface area (Å²) >= 11 is 0. The molecule has 0 aromatic carbocycles. The van der Waals surface area contributed by atoms with E-state index in [1.165, 1.54) is 45.1 Å². The summed E-state index contributed by atoms with van der Waals surface area (Å²) in [7, 11) is 0. The Balaban J connectivity index is 1.73. The molecule has 2 aliphatic heterocycles. The van der Waals surface area contributed by atoms with Crippen LogP contribution in [0.5, 0.6) is 0 Å². The molecular weight excluding hydrogens is 252 g/mol. The largest absolute Gasteiger partial charge is 0.465 e. The number of hydrogen-bond acceptors (Lipinski definition) is 4. The Bertz CT molecular complexity index is 350. The summed E-state index contributed by atoms with van der Waals surface area (Å²) in [5.74, 6) is -0.00144. The minimum Gasteiger partial charge on any atom is -0.465 e. The average Bonchev–Trinajstić information content (AvgIpc) is 3.09. The Kier molecular flexibility index (Phi) is 4.32. The molecular formula is C16H28N2O2. The highest BCUT2D eigenvalue weighted by Gasteiger charge is 2.48. The molecule has 3 rings (SSSR count). The van der Waals surface area contributed by atoms with Crippen LogP contribution in [0.3, 0.4) is 0 Å². The van der Waals surface area contributed by atoms with Crippen molar-refractivity contribution in [1.29, 1.82) is 0 Å². The Labute approximate surface area is 122 Å². The molecule has 2 saturated heterocycles. The van der Waals surface area contributed by atoms with E-state index in [2.05, 4.69) is 10.2 Å². The van der Waals surface area contributed by atoms with Gasteiger partial charge in [0.05, 0.1) is 6.61 Å². The molecule has 2 heterocycles. The van der Waals surface area contributed by atoms with Gasteiger partial charge in [0, 0.05) is 18.6 Å². The van der Waals surface area contributed by atoms with Crippen LogP contribution in [0.4, 0.5) is 0 Å². The van der Waals surface area contributed by atoms with E-state index in [9.17, 15) is 4.79 Å². The molecule has 2 unspecified atom stereocenters. The molecule has 20 heavy (non-hydrogen) atoms. The zero-order chi connectivity index (χ0) is 14.0. The van der Waals surface area contributed by atoms with Crippen LogP contribution >= 0.6 is 0 Å². The summed E-state index contributed by atoms with van der Waals surface area (Å²) in [6.07, 6.45) is 9.42. The lowest BCUT2D eigenvalue weighted by atomic mass is 9.82. The molecule has 0 radical (unpaired) electrons. The third-order valence-electron chi connectivity index (χ3n) is 5.41. The Morgan fingerprint density at radius 2 is 2.05 bits per heavy atom. The fourth-order valence-electron chi connectivity index (χ4n) is 4.36. The highest BCUT2D eigenvalue weighted by Crippen LogP contribution is 2.35. The van der Waals surface area contributed by atoms with Crippen LogP contribution in [0.25, 0.3) is 0 Å². The summed E-state index contributed by atoms with van der Waals surface area (Å²) in [6.45, 7) is 4.66. The summed E-state index contributed by atoms with van der Waals surface area (Å²) in [5, 5.41) is 3.73. The van der Waals surface area contributed by atoms with Crippen LogP contribution in [0.2, 0.25) is 0 Å². The van der Waals surface area contributed by atoms with E-state index in [1.54, 1.807) is 0 Å². The Morgan fingerprint density at radius 3 is 2.80 bits per heavy atom. The van der Waals surface area contributed by atoms with Gasteiger partial charge in [0.2, 0.25) is 0 Å². The predicted octanol–water partition coefficient (Wildman–Crippen LogP) is 2.08. The lowest BCUT2D eigenvalue weighted by molar-refractivity contribution is -0.154. The first-order chi connectivity index (χ1) is 9.73. The second-order valence-electron chi connectivity index (χ2n) is 6.71. The average molecular weight is 280 g/mol. The SMILES string of the molecule is CCOC(=O)C1(NC2CCCC2)CCN2CCCC2C1. The standard InChI is InChI=1S/C16H28N2O2/c1-2-20-15(19)16(17-13-6-3-4-7-13)9-11-18-10-5-8-14(18)12-16/h13-14,17H,2-12H2,1H3. The van der Waals surface area contributed by atoms with E-state index in [1.807, 2.05) is 6.92 Å². The quantitative estimate of drug-likeness (QED) is 0.801. The second kappa shape index (κ2) is 6.02. The molecule has 0 bridgehead atoms. The molecule has 2 atom stereocenters. The van der Waals surface area contributed by atoms with Gasteiger partial charge in [0.15, 0.2) is 0 Å². The normalized spacial score (nSPS) is 35.1. The number of esters is 1. The molecule has 3 fully saturated rings. The maximum absolute atomic E-state index is 12.6. The molecule has 0 spiro atoms. The number of carbonyl (C=O) groups excluding carboxylic acids is 1. The highest BCUT2D eigenvalue weighted by atomic mass is 16.5. The van der Waals surface area contributed by atoms with E-state index < -0.39 is 5.54 Å². The van der Waals surface area contributed by atoms with Gasteiger partial charge in [-0.05, 0) is 52.0 Å². The maximum Gasteiger partial charge on any atom is 0.326 e.